The number of aryl methyl sites for hydroxylation is 1. The van der Waals surface area contributed by atoms with E-state index in [-0.39, 0.29) is 6.04 Å². The number of nitrogens with zero attached hydrogens (tertiary/aromatic N) is 2. The highest BCUT2D eigenvalue weighted by Crippen LogP contribution is 2.23. The fourth-order valence-corrected chi connectivity index (χ4v) is 1.86. The number of hydrogen-bond acceptors (Lipinski definition) is 2. The van der Waals surface area contributed by atoms with Gasteiger partial charge in [0.1, 0.15) is 0 Å². The van der Waals surface area contributed by atoms with Crippen LogP contribution in [0.2, 0.25) is 5.02 Å². The third kappa shape index (κ3) is 1.98. The number of rotatable bonds is 2. The van der Waals surface area contributed by atoms with Crippen molar-refractivity contribution in [1.29, 1.82) is 0 Å². The Morgan fingerprint density at radius 1 is 1.60 bits per heavy atom. The highest BCUT2D eigenvalue weighted by atomic mass is 35.5. The zero-order valence-electron chi connectivity index (χ0n) is 8.87. The third-order valence-corrected chi connectivity index (χ3v) is 2.72. The van der Waals surface area contributed by atoms with Crippen LogP contribution in [0.25, 0.3) is 5.52 Å². The quantitative estimate of drug-likeness (QED) is 0.848. The summed E-state index contributed by atoms with van der Waals surface area (Å²) in [6.45, 7) is 3.99. The molecule has 0 aliphatic rings. The minimum absolute atomic E-state index is 0.0773. The molecule has 0 fully saturated rings. The predicted octanol–water partition coefficient (Wildman–Crippen LogP) is 2.19. The summed E-state index contributed by atoms with van der Waals surface area (Å²) in [5.74, 6) is 0. The topological polar surface area (TPSA) is 43.3 Å². The smallest absolute Gasteiger partial charge is 0.0896 e. The average molecular weight is 224 g/mol. The summed E-state index contributed by atoms with van der Waals surface area (Å²) in [5.41, 5.74) is 8.74. The molecule has 4 heteroatoms. The average Bonchev–Trinajstić information content (AvgIpc) is 2.44. The summed E-state index contributed by atoms with van der Waals surface area (Å²) in [7, 11) is 0. The van der Waals surface area contributed by atoms with Crippen LogP contribution in [0.5, 0.6) is 0 Å². The molecule has 3 nitrogen and oxygen atoms in total. The van der Waals surface area contributed by atoms with Gasteiger partial charge in [-0.2, -0.15) is 5.10 Å². The van der Waals surface area contributed by atoms with Crippen molar-refractivity contribution in [2.75, 3.05) is 0 Å². The van der Waals surface area contributed by atoms with Gasteiger partial charge in [-0.3, -0.25) is 0 Å². The lowest BCUT2D eigenvalue weighted by Crippen LogP contribution is -2.18. The molecule has 80 valence electrons. The van der Waals surface area contributed by atoms with Gasteiger partial charge in [0.05, 0.1) is 16.2 Å². The number of pyridine rings is 1. The van der Waals surface area contributed by atoms with Crippen molar-refractivity contribution in [3.05, 3.63) is 34.6 Å². The molecule has 2 aromatic rings. The van der Waals surface area contributed by atoms with E-state index in [9.17, 15) is 0 Å². The molecular weight excluding hydrogens is 210 g/mol. The SMILES string of the molecule is Cc1ccn2nc(CC(C)N)c(Cl)c2c1. The van der Waals surface area contributed by atoms with Gasteiger partial charge in [-0.05, 0) is 31.5 Å². The number of hydrogen-bond donors (Lipinski definition) is 1. The summed E-state index contributed by atoms with van der Waals surface area (Å²) in [6, 6.07) is 4.11. The van der Waals surface area contributed by atoms with Gasteiger partial charge in [0, 0.05) is 18.7 Å². The van der Waals surface area contributed by atoms with Crippen LogP contribution in [-0.2, 0) is 6.42 Å². The molecule has 2 N–H and O–H groups in total. The summed E-state index contributed by atoms with van der Waals surface area (Å²) >= 11 is 6.23. The molecular formula is C11H14ClN3. The van der Waals surface area contributed by atoms with Crippen molar-refractivity contribution in [2.45, 2.75) is 26.3 Å². The van der Waals surface area contributed by atoms with Gasteiger partial charge in [0.2, 0.25) is 0 Å². The van der Waals surface area contributed by atoms with E-state index in [4.69, 9.17) is 17.3 Å². The van der Waals surface area contributed by atoms with Crippen LogP contribution in [0.1, 0.15) is 18.2 Å². The molecule has 0 aromatic carbocycles. The molecule has 0 saturated carbocycles. The molecule has 0 aliphatic heterocycles. The van der Waals surface area contributed by atoms with Gasteiger partial charge in [0.25, 0.3) is 0 Å². The molecule has 0 bridgehead atoms. The third-order valence-electron chi connectivity index (χ3n) is 2.31. The van der Waals surface area contributed by atoms with E-state index in [2.05, 4.69) is 5.10 Å². The maximum atomic E-state index is 6.23. The molecule has 2 rings (SSSR count). The van der Waals surface area contributed by atoms with Gasteiger partial charge in [-0.15, -0.1) is 0 Å². The zero-order chi connectivity index (χ0) is 11.0. The molecule has 2 aromatic heterocycles. The molecule has 0 saturated heterocycles. The molecule has 0 amide bonds. The molecule has 2 heterocycles. The van der Waals surface area contributed by atoms with Crippen molar-refractivity contribution in [2.24, 2.45) is 5.73 Å². The van der Waals surface area contributed by atoms with E-state index >= 15 is 0 Å². The first-order chi connectivity index (χ1) is 7.08. The molecule has 0 radical (unpaired) electrons. The zero-order valence-corrected chi connectivity index (χ0v) is 9.62. The van der Waals surface area contributed by atoms with E-state index in [0.29, 0.717) is 6.42 Å². The Morgan fingerprint density at radius 3 is 3.00 bits per heavy atom. The Labute approximate surface area is 93.8 Å². The van der Waals surface area contributed by atoms with Crippen molar-refractivity contribution in [3.63, 3.8) is 0 Å². The van der Waals surface area contributed by atoms with Crippen LogP contribution in [0, 0.1) is 6.92 Å². The van der Waals surface area contributed by atoms with Crippen molar-refractivity contribution in [1.82, 2.24) is 9.61 Å². The summed E-state index contributed by atoms with van der Waals surface area (Å²) < 4.78 is 1.80. The second-order valence-corrected chi connectivity index (χ2v) is 4.35. The van der Waals surface area contributed by atoms with E-state index in [0.717, 1.165) is 16.2 Å². The first kappa shape index (κ1) is 10.5. The Kier molecular flexibility index (Phi) is 2.67. The minimum Gasteiger partial charge on any atom is -0.328 e. The van der Waals surface area contributed by atoms with Crippen LogP contribution in [0.3, 0.4) is 0 Å². The Bertz CT molecular complexity index is 488. The first-order valence-electron chi connectivity index (χ1n) is 4.97. The van der Waals surface area contributed by atoms with Crippen molar-refractivity contribution in [3.8, 4) is 0 Å². The molecule has 1 atom stereocenters. The lowest BCUT2D eigenvalue weighted by atomic mass is 10.2. The van der Waals surface area contributed by atoms with E-state index in [1.807, 2.05) is 32.2 Å². The van der Waals surface area contributed by atoms with Gasteiger partial charge in [0.15, 0.2) is 0 Å². The second kappa shape index (κ2) is 3.83. The molecule has 1 unspecified atom stereocenters. The number of halogens is 1. The van der Waals surface area contributed by atoms with Gasteiger partial charge < -0.3 is 5.73 Å². The Morgan fingerprint density at radius 2 is 2.33 bits per heavy atom. The van der Waals surface area contributed by atoms with Crippen LogP contribution in [-0.4, -0.2) is 15.7 Å². The standard InChI is InChI=1S/C11H14ClN3/c1-7-3-4-15-10(5-7)11(12)9(14-15)6-8(2)13/h3-5,8H,6,13H2,1-2H3. The van der Waals surface area contributed by atoms with Crippen LogP contribution < -0.4 is 5.73 Å². The van der Waals surface area contributed by atoms with Crippen LogP contribution >= 0.6 is 11.6 Å². The molecule has 0 aliphatic carbocycles. The fraction of sp³-hybridized carbons (Fsp3) is 0.364. The van der Waals surface area contributed by atoms with Gasteiger partial charge >= 0.3 is 0 Å². The van der Waals surface area contributed by atoms with Gasteiger partial charge in [-0.1, -0.05) is 11.6 Å². The van der Waals surface area contributed by atoms with Crippen LogP contribution in [0.4, 0.5) is 0 Å². The maximum Gasteiger partial charge on any atom is 0.0896 e. The Hall–Kier alpha value is -1.06. The number of nitrogens with two attached hydrogens (primary N) is 1. The lowest BCUT2D eigenvalue weighted by Gasteiger charge is -2.00. The highest BCUT2D eigenvalue weighted by molar-refractivity contribution is 6.34. The minimum atomic E-state index is 0.0773. The lowest BCUT2D eigenvalue weighted by molar-refractivity contribution is 0.712. The summed E-state index contributed by atoms with van der Waals surface area (Å²) in [4.78, 5) is 0. The first-order valence-corrected chi connectivity index (χ1v) is 5.34. The fourth-order valence-electron chi connectivity index (χ4n) is 1.61. The number of aromatic nitrogens is 2. The monoisotopic (exact) mass is 223 g/mol. The second-order valence-electron chi connectivity index (χ2n) is 3.98. The van der Waals surface area contributed by atoms with Crippen molar-refractivity contribution >= 4 is 17.1 Å². The maximum absolute atomic E-state index is 6.23. The summed E-state index contributed by atoms with van der Waals surface area (Å²) in [5, 5.41) is 5.12. The molecule has 15 heavy (non-hydrogen) atoms. The molecule has 0 spiro atoms. The Balaban J connectivity index is 2.54. The van der Waals surface area contributed by atoms with Crippen LogP contribution in [0.15, 0.2) is 18.3 Å². The largest absolute Gasteiger partial charge is 0.328 e. The van der Waals surface area contributed by atoms with E-state index < -0.39 is 0 Å². The predicted molar refractivity (Wildman–Crippen MR) is 62.3 cm³/mol. The van der Waals surface area contributed by atoms with Gasteiger partial charge in [-0.25, -0.2) is 4.52 Å². The van der Waals surface area contributed by atoms with E-state index in [1.54, 1.807) is 4.52 Å². The van der Waals surface area contributed by atoms with Crippen molar-refractivity contribution < 1.29 is 0 Å². The number of fused-ring (bicyclic) bond motifs is 1. The normalized spacial score (nSPS) is 13.3. The summed E-state index contributed by atoms with van der Waals surface area (Å²) in [6.07, 6.45) is 2.63. The van der Waals surface area contributed by atoms with E-state index in [1.165, 1.54) is 5.56 Å². The highest BCUT2D eigenvalue weighted by Gasteiger charge is 2.11.